The van der Waals surface area contributed by atoms with Gasteiger partial charge in [0.1, 0.15) is 22.7 Å². The Labute approximate surface area is 154 Å². The fraction of sp³-hybridized carbons (Fsp3) is 0.188. The molecule has 27 heavy (non-hydrogen) atoms. The molecule has 11 heteroatoms. The minimum absolute atomic E-state index is 0.135. The topological polar surface area (TPSA) is 96.4 Å². The molecule has 0 spiro atoms. The van der Waals surface area contributed by atoms with Gasteiger partial charge in [-0.2, -0.15) is 0 Å². The van der Waals surface area contributed by atoms with E-state index in [4.69, 9.17) is 5.11 Å². The van der Waals surface area contributed by atoms with Gasteiger partial charge in [0, 0.05) is 12.2 Å². The van der Waals surface area contributed by atoms with Gasteiger partial charge in [0.25, 0.3) is 5.91 Å². The van der Waals surface area contributed by atoms with Gasteiger partial charge in [-0.15, -0.1) is 24.5 Å². The smallest absolute Gasteiger partial charge is 0.406 e. The van der Waals surface area contributed by atoms with Crippen LogP contribution in [0.15, 0.2) is 36.7 Å². The van der Waals surface area contributed by atoms with Crippen molar-refractivity contribution in [2.75, 3.05) is 18.5 Å². The number of benzene rings is 1. The van der Waals surface area contributed by atoms with Gasteiger partial charge in [0.05, 0.1) is 16.9 Å². The van der Waals surface area contributed by atoms with Gasteiger partial charge in [-0.1, -0.05) is 0 Å². The van der Waals surface area contributed by atoms with Crippen molar-refractivity contribution in [2.45, 2.75) is 6.36 Å². The first-order chi connectivity index (χ1) is 12.9. The van der Waals surface area contributed by atoms with E-state index in [1.165, 1.54) is 30.6 Å². The molecule has 3 rings (SSSR count). The predicted octanol–water partition coefficient (Wildman–Crippen LogP) is 3.06. The van der Waals surface area contributed by atoms with Crippen LogP contribution in [0.2, 0.25) is 0 Å². The molecule has 0 bridgehead atoms. The molecule has 0 radical (unpaired) electrons. The maximum Gasteiger partial charge on any atom is 0.573 e. The zero-order valence-corrected chi connectivity index (χ0v) is 14.4. The van der Waals surface area contributed by atoms with Gasteiger partial charge in [-0.3, -0.25) is 4.79 Å². The minimum atomic E-state index is -4.75. The molecule has 0 aliphatic carbocycles. The summed E-state index contributed by atoms with van der Waals surface area (Å²) in [5.74, 6) is -0.271. The molecule has 0 atom stereocenters. The summed E-state index contributed by atoms with van der Waals surface area (Å²) < 4.78 is 40.4. The third-order valence-electron chi connectivity index (χ3n) is 3.30. The van der Waals surface area contributed by atoms with Gasteiger partial charge in [0.15, 0.2) is 0 Å². The first-order valence-electron chi connectivity index (χ1n) is 7.62. The van der Waals surface area contributed by atoms with Crippen LogP contribution in [0.5, 0.6) is 5.75 Å². The van der Waals surface area contributed by atoms with E-state index in [0.717, 1.165) is 11.3 Å². The van der Waals surface area contributed by atoms with E-state index in [9.17, 15) is 18.0 Å². The van der Waals surface area contributed by atoms with E-state index in [2.05, 4.69) is 25.3 Å². The van der Waals surface area contributed by atoms with Crippen molar-refractivity contribution >= 4 is 39.0 Å². The molecule has 0 fully saturated rings. The molecule has 0 unspecified atom stereocenters. The summed E-state index contributed by atoms with van der Waals surface area (Å²) >= 11 is 1.16. The van der Waals surface area contributed by atoms with E-state index in [1.54, 1.807) is 6.07 Å². The second-order valence-corrected chi connectivity index (χ2v) is 6.26. The SMILES string of the molecule is O=C(NCCO)c1cc2c(Nc3ccc(OC(F)(F)F)cc3)ncnc2s1. The van der Waals surface area contributed by atoms with Crippen molar-refractivity contribution in [3.63, 3.8) is 0 Å². The highest BCUT2D eigenvalue weighted by Gasteiger charge is 2.30. The maximum atomic E-state index is 12.2. The Hall–Kier alpha value is -2.92. The van der Waals surface area contributed by atoms with Gasteiger partial charge in [0.2, 0.25) is 0 Å². The second kappa shape index (κ2) is 7.76. The molecule has 2 heterocycles. The lowest BCUT2D eigenvalue weighted by molar-refractivity contribution is -0.274. The van der Waals surface area contributed by atoms with Crippen molar-refractivity contribution in [1.29, 1.82) is 0 Å². The van der Waals surface area contributed by atoms with Crippen molar-refractivity contribution in [2.24, 2.45) is 0 Å². The molecule has 1 aromatic carbocycles. The molecule has 0 aliphatic heterocycles. The number of ether oxygens (including phenoxy) is 1. The van der Waals surface area contributed by atoms with Gasteiger partial charge < -0.3 is 20.5 Å². The lowest BCUT2D eigenvalue weighted by Crippen LogP contribution is -2.25. The fourth-order valence-corrected chi connectivity index (χ4v) is 3.12. The average molecular weight is 398 g/mol. The van der Waals surface area contributed by atoms with Gasteiger partial charge in [-0.05, 0) is 30.3 Å². The number of alkyl halides is 3. The van der Waals surface area contributed by atoms with Crippen LogP contribution in [0.4, 0.5) is 24.7 Å². The van der Waals surface area contributed by atoms with Crippen LogP contribution < -0.4 is 15.4 Å². The molecule has 2 aromatic heterocycles. The summed E-state index contributed by atoms with van der Waals surface area (Å²) in [5.41, 5.74) is 0.488. The third kappa shape index (κ3) is 4.83. The van der Waals surface area contributed by atoms with E-state index in [1.807, 2.05) is 0 Å². The van der Waals surface area contributed by atoms with Crippen molar-refractivity contribution in [3.05, 3.63) is 41.5 Å². The van der Waals surface area contributed by atoms with Crippen LogP contribution in [0.3, 0.4) is 0 Å². The molecule has 3 N–H and O–H groups in total. The first-order valence-corrected chi connectivity index (χ1v) is 8.44. The molecule has 0 saturated carbocycles. The second-order valence-electron chi connectivity index (χ2n) is 5.23. The number of aromatic nitrogens is 2. The van der Waals surface area contributed by atoms with E-state index < -0.39 is 6.36 Å². The Morgan fingerprint density at radius 2 is 1.96 bits per heavy atom. The van der Waals surface area contributed by atoms with Crippen molar-refractivity contribution < 1.29 is 27.8 Å². The molecule has 1 amide bonds. The van der Waals surface area contributed by atoms with Crippen molar-refractivity contribution in [3.8, 4) is 5.75 Å². The number of carbonyl (C=O) groups excluding carboxylic acids is 1. The number of nitrogens with zero attached hydrogens (tertiary/aromatic N) is 2. The van der Waals surface area contributed by atoms with Crippen LogP contribution in [-0.4, -0.2) is 40.5 Å². The van der Waals surface area contributed by atoms with Crippen LogP contribution >= 0.6 is 11.3 Å². The highest BCUT2D eigenvalue weighted by molar-refractivity contribution is 7.20. The number of hydrogen-bond donors (Lipinski definition) is 3. The molecule has 7 nitrogen and oxygen atoms in total. The number of aliphatic hydroxyl groups excluding tert-OH is 1. The number of amides is 1. The Morgan fingerprint density at radius 1 is 1.22 bits per heavy atom. The number of thiophene rings is 1. The number of fused-ring (bicyclic) bond motifs is 1. The fourth-order valence-electron chi connectivity index (χ4n) is 2.20. The van der Waals surface area contributed by atoms with Crippen molar-refractivity contribution in [1.82, 2.24) is 15.3 Å². The predicted molar refractivity (Wildman–Crippen MR) is 93.2 cm³/mol. The lowest BCUT2D eigenvalue weighted by Gasteiger charge is -2.10. The quantitative estimate of drug-likeness (QED) is 0.591. The Morgan fingerprint density at radius 3 is 2.63 bits per heavy atom. The number of carbonyl (C=O) groups is 1. The molecule has 3 aromatic rings. The van der Waals surface area contributed by atoms with Crippen LogP contribution in [0.1, 0.15) is 9.67 Å². The number of anilines is 2. The number of rotatable bonds is 6. The largest absolute Gasteiger partial charge is 0.573 e. The zero-order valence-electron chi connectivity index (χ0n) is 13.6. The van der Waals surface area contributed by atoms with Crippen LogP contribution in [-0.2, 0) is 0 Å². The summed E-state index contributed by atoms with van der Waals surface area (Å²) in [6.45, 7) is -0.0342. The molecule has 0 aliphatic rings. The standard InChI is InChI=1S/C16H13F3N4O3S/c17-16(18,19)26-10-3-1-9(2-4-10)23-13-11-7-12(14(25)20-5-6-24)27-15(11)22-8-21-13/h1-4,7-8,24H,5-6H2,(H,20,25)(H,21,22,23). The Kier molecular flexibility index (Phi) is 5.42. The molecule has 0 saturated heterocycles. The Balaban J connectivity index is 1.80. The summed E-state index contributed by atoms with van der Waals surface area (Å²) in [6.07, 6.45) is -3.44. The van der Waals surface area contributed by atoms with Crippen LogP contribution in [0.25, 0.3) is 10.2 Å². The monoisotopic (exact) mass is 398 g/mol. The minimum Gasteiger partial charge on any atom is -0.406 e. The molecular weight excluding hydrogens is 385 g/mol. The van der Waals surface area contributed by atoms with E-state index in [0.29, 0.717) is 26.6 Å². The summed E-state index contributed by atoms with van der Waals surface area (Å²) in [5, 5.41) is 14.9. The highest BCUT2D eigenvalue weighted by Crippen LogP contribution is 2.31. The average Bonchev–Trinajstić information content (AvgIpc) is 3.05. The summed E-state index contributed by atoms with van der Waals surface area (Å²) in [6, 6.07) is 6.79. The summed E-state index contributed by atoms with van der Waals surface area (Å²) in [4.78, 5) is 21.2. The molecular formula is C16H13F3N4O3S. The van der Waals surface area contributed by atoms with Gasteiger partial charge in [-0.25, -0.2) is 9.97 Å². The van der Waals surface area contributed by atoms with Gasteiger partial charge >= 0.3 is 6.36 Å². The zero-order chi connectivity index (χ0) is 19.4. The highest BCUT2D eigenvalue weighted by atomic mass is 32.1. The normalized spacial score (nSPS) is 11.4. The van der Waals surface area contributed by atoms with Crippen LogP contribution in [0, 0.1) is 0 Å². The van der Waals surface area contributed by atoms with E-state index >= 15 is 0 Å². The maximum absolute atomic E-state index is 12.2. The third-order valence-corrected chi connectivity index (χ3v) is 4.34. The Bertz CT molecular complexity index is 944. The lowest BCUT2D eigenvalue weighted by atomic mass is 10.3. The summed E-state index contributed by atoms with van der Waals surface area (Å²) in [7, 11) is 0. The number of aliphatic hydroxyl groups is 1. The number of halogens is 3. The van der Waals surface area contributed by atoms with E-state index in [-0.39, 0.29) is 24.8 Å². The molecule has 142 valence electrons. The number of nitrogens with one attached hydrogen (secondary N) is 2. The number of hydrogen-bond acceptors (Lipinski definition) is 7. The first kappa shape index (κ1) is 18.9.